The number of hydrogen-bond donors (Lipinski definition) is 1. The number of phenols is 1. The van der Waals surface area contributed by atoms with E-state index in [1.165, 1.54) is 7.11 Å². The average Bonchev–Trinajstić information content (AvgIpc) is 2.24. The zero-order chi connectivity index (χ0) is 11.3. The molecule has 1 rings (SSSR count). The van der Waals surface area contributed by atoms with Crippen molar-refractivity contribution in [1.82, 2.24) is 0 Å². The molecule has 1 aromatic rings. The van der Waals surface area contributed by atoms with E-state index >= 15 is 0 Å². The highest BCUT2D eigenvalue weighted by molar-refractivity contribution is 5.60. The Morgan fingerprint density at radius 2 is 2.20 bits per heavy atom. The molecule has 0 heterocycles. The number of methoxy groups -OCH3 is 1. The molecule has 0 unspecified atom stereocenters. The molecule has 0 radical (unpaired) electrons. The largest absolute Gasteiger partial charge is 0.507 e. The molecule has 1 aromatic carbocycles. The third-order valence-corrected chi connectivity index (χ3v) is 2.10. The molecule has 4 nitrogen and oxygen atoms in total. The van der Waals surface area contributed by atoms with Crippen LogP contribution >= 0.6 is 0 Å². The van der Waals surface area contributed by atoms with Crippen molar-refractivity contribution in [3.8, 4) is 11.5 Å². The van der Waals surface area contributed by atoms with Crippen LogP contribution in [0.3, 0.4) is 0 Å². The van der Waals surface area contributed by atoms with Gasteiger partial charge in [-0.1, -0.05) is 6.07 Å². The molecule has 0 aliphatic heterocycles. The van der Waals surface area contributed by atoms with Crippen LogP contribution in [0.1, 0.15) is 11.1 Å². The van der Waals surface area contributed by atoms with Gasteiger partial charge in [0.1, 0.15) is 17.8 Å². The molecule has 0 saturated heterocycles. The fourth-order valence-corrected chi connectivity index (χ4v) is 1.27. The summed E-state index contributed by atoms with van der Waals surface area (Å²) in [6, 6.07) is 3.38. The lowest BCUT2D eigenvalue weighted by molar-refractivity contribution is -0.107. The first-order chi connectivity index (χ1) is 7.20. The van der Waals surface area contributed by atoms with Crippen molar-refractivity contribution < 1.29 is 19.4 Å². The molecule has 0 atom stereocenters. The molecule has 82 valence electrons. The molecule has 0 amide bonds. The number of ether oxygens (including phenoxy) is 2. The molecule has 15 heavy (non-hydrogen) atoms. The highest BCUT2D eigenvalue weighted by atomic mass is 16.7. The van der Waals surface area contributed by atoms with Crippen LogP contribution in [-0.4, -0.2) is 25.3 Å². The monoisotopic (exact) mass is 210 g/mol. The van der Waals surface area contributed by atoms with Crippen LogP contribution in [0.2, 0.25) is 0 Å². The minimum atomic E-state index is 0.107. The average molecular weight is 210 g/mol. The predicted molar refractivity (Wildman–Crippen MR) is 55.1 cm³/mol. The van der Waals surface area contributed by atoms with Gasteiger partial charge in [-0.15, -0.1) is 0 Å². The predicted octanol–water partition coefficient (Wildman–Crippen LogP) is 1.42. The van der Waals surface area contributed by atoms with E-state index in [-0.39, 0.29) is 19.0 Å². The Morgan fingerprint density at radius 3 is 2.80 bits per heavy atom. The number of phenolic OH excluding ortho intramolecular Hbond substituents is 1. The molecule has 0 fully saturated rings. The van der Waals surface area contributed by atoms with Gasteiger partial charge in [0.2, 0.25) is 0 Å². The summed E-state index contributed by atoms with van der Waals surface area (Å²) in [5.74, 6) is 0.666. The minimum Gasteiger partial charge on any atom is -0.507 e. The van der Waals surface area contributed by atoms with Gasteiger partial charge in [-0.3, -0.25) is 0 Å². The number of aromatic hydroxyl groups is 1. The molecular weight excluding hydrogens is 196 g/mol. The normalized spacial score (nSPS) is 10.0. The Labute approximate surface area is 88.4 Å². The summed E-state index contributed by atoms with van der Waals surface area (Å²) < 4.78 is 9.99. The highest BCUT2D eigenvalue weighted by Crippen LogP contribution is 2.30. The van der Waals surface area contributed by atoms with E-state index in [4.69, 9.17) is 9.47 Å². The molecule has 1 N–H and O–H groups in total. The lowest BCUT2D eigenvalue weighted by Gasteiger charge is -2.11. The van der Waals surface area contributed by atoms with E-state index in [0.29, 0.717) is 16.9 Å². The summed E-state index contributed by atoms with van der Waals surface area (Å²) in [7, 11) is 1.52. The fourth-order valence-electron chi connectivity index (χ4n) is 1.27. The van der Waals surface area contributed by atoms with E-state index in [9.17, 15) is 9.90 Å². The van der Waals surface area contributed by atoms with Gasteiger partial charge in [0.15, 0.2) is 6.79 Å². The third kappa shape index (κ3) is 2.70. The van der Waals surface area contributed by atoms with E-state index in [1.54, 1.807) is 19.1 Å². The van der Waals surface area contributed by atoms with Crippen LogP contribution in [0.15, 0.2) is 12.1 Å². The second kappa shape index (κ2) is 5.36. The van der Waals surface area contributed by atoms with Crippen molar-refractivity contribution >= 4 is 6.29 Å². The topological polar surface area (TPSA) is 55.8 Å². The Hall–Kier alpha value is -1.55. The van der Waals surface area contributed by atoms with E-state index in [1.807, 2.05) is 0 Å². The minimum absolute atomic E-state index is 0.107. The highest BCUT2D eigenvalue weighted by Gasteiger charge is 2.09. The first-order valence-corrected chi connectivity index (χ1v) is 4.57. The van der Waals surface area contributed by atoms with Crippen LogP contribution in [0, 0.1) is 6.92 Å². The van der Waals surface area contributed by atoms with E-state index in [0.717, 1.165) is 6.29 Å². The quantitative estimate of drug-likeness (QED) is 0.590. The lowest BCUT2D eigenvalue weighted by atomic mass is 10.1. The van der Waals surface area contributed by atoms with Gasteiger partial charge in [0.05, 0.1) is 0 Å². The van der Waals surface area contributed by atoms with Crippen molar-refractivity contribution in [3.05, 3.63) is 23.3 Å². The lowest BCUT2D eigenvalue weighted by Crippen LogP contribution is -2.01. The number of hydrogen-bond acceptors (Lipinski definition) is 4. The van der Waals surface area contributed by atoms with Gasteiger partial charge in [-0.05, 0) is 13.0 Å². The molecule has 0 bridgehead atoms. The summed E-state index contributed by atoms with van der Waals surface area (Å²) in [5.41, 5.74) is 1.22. The summed E-state index contributed by atoms with van der Waals surface area (Å²) in [6.07, 6.45) is 0.960. The second-order valence-electron chi connectivity index (χ2n) is 3.12. The van der Waals surface area contributed by atoms with Crippen LogP contribution in [-0.2, 0) is 16.0 Å². The van der Waals surface area contributed by atoms with Crippen molar-refractivity contribution in [1.29, 1.82) is 0 Å². The molecule has 0 aromatic heterocycles. The standard InChI is InChI=1S/C11H14O4/c1-8-10(15-7-14-2)4-3-9(5-6-12)11(8)13/h3-4,6,13H,5,7H2,1-2H3. The van der Waals surface area contributed by atoms with Crippen molar-refractivity contribution in [3.63, 3.8) is 0 Å². The summed E-state index contributed by atoms with van der Waals surface area (Å²) >= 11 is 0. The summed E-state index contributed by atoms with van der Waals surface area (Å²) in [6.45, 7) is 1.86. The maximum absolute atomic E-state index is 10.3. The summed E-state index contributed by atoms with van der Waals surface area (Å²) in [4.78, 5) is 10.3. The van der Waals surface area contributed by atoms with Crippen LogP contribution < -0.4 is 4.74 Å². The van der Waals surface area contributed by atoms with Crippen molar-refractivity contribution in [2.45, 2.75) is 13.3 Å². The number of benzene rings is 1. The number of carbonyl (C=O) groups is 1. The van der Waals surface area contributed by atoms with Gasteiger partial charge in [-0.25, -0.2) is 0 Å². The maximum atomic E-state index is 10.3. The van der Waals surface area contributed by atoms with Gasteiger partial charge in [-0.2, -0.15) is 0 Å². The number of aldehydes is 1. The van der Waals surface area contributed by atoms with Gasteiger partial charge >= 0.3 is 0 Å². The zero-order valence-electron chi connectivity index (χ0n) is 8.82. The van der Waals surface area contributed by atoms with E-state index in [2.05, 4.69) is 0 Å². The molecule has 4 heteroatoms. The smallest absolute Gasteiger partial charge is 0.188 e. The Balaban J connectivity index is 2.93. The Kier molecular flexibility index (Phi) is 4.12. The molecule has 0 spiro atoms. The van der Waals surface area contributed by atoms with Crippen molar-refractivity contribution in [2.24, 2.45) is 0 Å². The van der Waals surface area contributed by atoms with Crippen LogP contribution in [0.25, 0.3) is 0 Å². The maximum Gasteiger partial charge on any atom is 0.188 e. The first-order valence-electron chi connectivity index (χ1n) is 4.57. The molecular formula is C11H14O4. The van der Waals surface area contributed by atoms with Crippen molar-refractivity contribution in [2.75, 3.05) is 13.9 Å². The fraction of sp³-hybridized carbons (Fsp3) is 0.364. The van der Waals surface area contributed by atoms with Gasteiger partial charge in [0.25, 0.3) is 0 Å². The Bertz CT molecular complexity index is 347. The third-order valence-electron chi connectivity index (χ3n) is 2.10. The number of rotatable bonds is 5. The zero-order valence-corrected chi connectivity index (χ0v) is 8.82. The Morgan fingerprint density at radius 1 is 1.47 bits per heavy atom. The van der Waals surface area contributed by atoms with E-state index < -0.39 is 0 Å². The molecule has 0 aliphatic rings. The molecule has 0 aliphatic carbocycles. The van der Waals surface area contributed by atoms with Gasteiger partial charge in [0, 0.05) is 24.7 Å². The number of carbonyl (C=O) groups excluding carboxylic acids is 1. The summed E-state index contributed by atoms with van der Waals surface area (Å²) in [5, 5.41) is 9.73. The first kappa shape index (κ1) is 11.5. The van der Waals surface area contributed by atoms with Crippen LogP contribution in [0.5, 0.6) is 11.5 Å². The van der Waals surface area contributed by atoms with Gasteiger partial charge < -0.3 is 19.4 Å². The molecule has 0 saturated carbocycles. The second-order valence-corrected chi connectivity index (χ2v) is 3.12. The van der Waals surface area contributed by atoms with Crippen LogP contribution in [0.4, 0.5) is 0 Å². The SMILES string of the molecule is COCOc1ccc(CC=O)c(O)c1C.